The van der Waals surface area contributed by atoms with E-state index < -0.39 is 5.97 Å². The van der Waals surface area contributed by atoms with Crippen molar-refractivity contribution in [3.8, 4) is 0 Å². The molecule has 5 heteroatoms. The van der Waals surface area contributed by atoms with Crippen LogP contribution in [0.4, 0.5) is 0 Å². The molecule has 27 heavy (non-hydrogen) atoms. The molecule has 0 atom stereocenters. The van der Waals surface area contributed by atoms with Crippen LogP contribution in [0.1, 0.15) is 52.6 Å². The van der Waals surface area contributed by atoms with Crippen molar-refractivity contribution in [2.75, 3.05) is 6.61 Å². The number of carbonyl (C=O) groups excluding carboxylic acids is 3. The lowest BCUT2D eigenvalue weighted by Crippen LogP contribution is -2.19. The molecule has 0 unspecified atom stereocenters. The number of esters is 1. The van der Waals surface area contributed by atoms with Gasteiger partial charge in [0.1, 0.15) is 0 Å². The number of ether oxygens (including phenoxy) is 1. The first-order valence-corrected chi connectivity index (χ1v) is 8.98. The van der Waals surface area contributed by atoms with Crippen molar-refractivity contribution >= 4 is 17.7 Å². The number of nitrogens with one attached hydrogen (secondary N) is 1. The second-order valence-electron chi connectivity index (χ2n) is 6.90. The van der Waals surface area contributed by atoms with E-state index in [0.717, 1.165) is 17.5 Å². The molecule has 2 rings (SSSR count). The number of hydrogen-bond acceptors (Lipinski definition) is 4. The third-order valence-electron chi connectivity index (χ3n) is 3.99. The van der Waals surface area contributed by atoms with Crippen molar-refractivity contribution in [1.82, 2.24) is 5.32 Å². The number of rotatable bonds is 8. The van der Waals surface area contributed by atoms with Crippen molar-refractivity contribution in [1.29, 1.82) is 0 Å². The molecule has 0 saturated carbocycles. The standard InChI is InChI=1S/C22H25NO4/c1-15(2)12-17-4-10-20(11-5-17)22(26)27-14-21(25)19-8-6-18(7-9-19)13-23-16(3)24/h4-11,15H,12-14H2,1-3H3,(H,23,24). The normalized spacial score (nSPS) is 10.5. The lowest BCUT2D eigenvalue weighted by Gasteiger charge is -2.08. The SMILES string of the molecule is CC(=O)NCc1ccc(C(=O)COC(=O)c2ccc(CC(C)C)cc2)cc1. The van der Waals surface area contributed by atoms with E-state index in [1.807, 2.05) is 12.1 Å². The van der Waals surface area contributed by atoms with E-state index in [9.17, 15) is 14.4 Å². The van der Waals surface area contributed by atoms with E-state index in [1.165, 1.54) is 6.92 Å². The van der Waals surface area contributed by atoms with Crippen LogP contribution in [-0.2, 0) is 22.5 Å². The van der Waals surface area contributed by atoms with Crippen LogP contribution in [0.5, 0.6) is 0 Å². The number of hydrogen-bond donors (Lipinski definition) is 1. The highest BCUT2D eigenvalue weighted by molar-refractivity contribution is 5.99. The van der Waals surface area contributed by atoms with E-state index in [0.29, 0.717) is 23.6 Å². The van der Waals surface area contributed by atoms with Gasteiger partial charge in [-0.05, 0) is 35.6 Å². The molecule has 0 fully saturated rings. The minimum absolute atomic E-state index is 0.112. The summed E-state index contributed by atoms with van der Waals surface area (Å²) >= 11 is 0. The zero-order chi connectivity index (χ0) is 19.8. The highest BCUT2D eigenvalue weighted by atomic mass is 16.5. The minimum atomic E-state index is -0.512. The minimum Gasteiger partial charge on any atom is -0.454 e. The highest BCUT2D eigenvalue weighted by Crippen LogP contribution is 2.11. The van der Waals surface area contributed by atoms with Crippen LogP contribution in [0.2, 0.25) is 0 Å². The van der Waals surface area contributed by atoms with Crippen LogP contribution >= 0.6 is 0 Å². The Kier molecular flexibility index (Phi) is 7.29. The Balaban J connectivity index is 1.87. The number of carbonyl (C=O) groups is 3. The van der Waals surface area contributed by atoms with Gasteiger partial charge in [0.05, 0.1) is 5.56 Å². The van der Waals surface area contributed by atoms with Crippen LogP contribution < -0.4 is 5.32 Å². The highest BCUT2D eigenvalue weighted by Gasteiger charge is 2.12. The molecule has 0 spiro atoms. The average molecular weight is 367 g/mol. The predicted octanol–water partition coefficient (Wildman–Crippen LogP) is 3.56. The molecule has 2 aromatic carbocycles. The fourth-order valence-corrected chi connectivity index (χ4v) is 2.58. The van der Waals surface area contributed by atoms with Gasteiger partial charge in [-0.3, -0.25) is 9.59 Å². The van der Waals surface area contributed by atoms with Crippen molar-refractivity contribution in [3.05, 3.63) is 70.8 Å². The molecule has 2 aromatic rings. The summed E-state index contributed by atoms with van der Waals surface area (Å²) in [4.78, 5) is 35.2. The molecule has 1 amide bonds. The molecule has 0 aromatic heterocycles. The Morgan fingerprint density at radius 3 is 2.00 bits per heavy atom. The molecule has 0 aliphatic carbocycles. The molecule has 5 nitrogen and oxygen atoms in total. The summed E-state index contributed by atoms with van der Waals surface area (Å²) in [6.45, 7) is 5.83. The van der Waals surface area contributed by atoms with Crippen molar-refractivity contribution in [2.45, 2.75) is 33.7 Å². The maximum Gasteiger partial charge on any atom is 0.338 e. The molecule has 0 radical (unpaired) electrons. The Hall–Kier alpha value is -2.95. The van der Waals surface area contributed by atoms with Gasteiger partial charge < -0.3 is 10.1 Å². The second-order valence-corrected chi connectivity index (χ2v) is 6.90. The summed E-state index contributed by atoms with van der Waals surface area (Å²) in [5.74, 6) is -0.350. The summed E-state index contributed by atoms with van der Waals surface area (Å²) in [6, 6.07) is 14.1. The topological polar surface area (TPSA) is 72.5 Å². The number of amides is 1. The van der Waals surface area contributed by atoms with Crippen LogP contribution in [0.25, 0.3) is 0 Å². The second kappa shape index (κ2) is 9.67. The fraction of sp³-hybridized carbons (Fsp3) is 0.318. The van der Waals surface area contributed by atoms with Gasteiger partial charge in [0.25, 0.3) is 0 Å². The van der Waals surface area contributed by atoms with Crippen molar-refractivity contribution in [2.24, 2.45) is 5.92 Å². The fourth-order valence-electron chi connectivity index (χ4n) is 2.58. The van der Waals surface area contributed by atoms with Gasteiger partial charge in [0, 0.05) is 19.0 Å². The molecular formula is C22H25NO4. The number of Topliss-reactive ketones (excluding diaryl/α,β-unsaturated/α-hetero) is 1. The van der Waals surface area contributed by atoms with Gasteiger partial charge in [-0.25, -0.2) is 4.79 Å². The number of ketones is 1. The Bertz CT molecular complexity index is 792. The predicted molar refractivity (Wildman–Crippen MR) is 104 cm³/mol. The Morgan fingerprint density at radius 1 is 0.889 bits per heavy atom. The molecule has 0 heterocycles. The molecule has 0 bridgehead atoms. The van der Waals surface area contributed by atoms with Gasteiger partial charge in [0.15, 0.2) is 12.4 Å². The van der Waals surface area contributed by atoms with Crippen LogP contribution in [0.15, 0.2) is 48.5 Å². The first-order valence-electron chi connectivity index (χ1n) is 8.98. The van der Waals surface area contributed by atoms with Gasteiger partial charge >= 0.3 is 5.97 Å². The van der Waals surface area contributed by atoms with E-state index >= 15 is 0 Å². The van der Waals surface area contributed by atoms with Crippen LogP contribution in [-0.4, -0.2) is 24.3 Å². The smallest absolute Gasteiger partial charge is 0.338 e. The monoisotopic (exact) mass is 367 g/mol. The maximum atomic E-state index is 12.2. The van der Waals surface area contributed by atoms with Gasteiger partial charge in [-0.1, -0.05) is 50.2 Å². The lowest BCUT2D eigenvalue weighted by molar-refractivity contribution is -0.119. The summed E-state index contributed by atoms with van der Waals surface area (Å²) in [6.07, 6.45) is 0.950. The molecule has 0 aliphatic rings. The lowest BCUT2D eigenvalue weighted by atomic mass is 10.0. The summed E-state index contributed by atoms with van der Waals surface area (Å²) in [5, 5.41) is 2.69. The van der Waals surface area contributed by atoms with Gasteiger partial charge in [0.2, 0.25) is 5.91 Å². The first-order chi connectivity index (χ1) is 12.8. The van der Waals surface area contributed by atoms with E-state index in [4.69, 9.17) is 4.74 Å². The molecule has 1 N–H and O–H groups in total. The van der Waals surface area contributed by atoms with E-state index in [1.54, 1.807) is 36.4 Å². The van der Waals surface area contributed by atoms with Crippen molar-refractivity contribution in [3.63, 3.8) is 0 Å². The van der Waals surface area contributed by atoms with Gasteiger partial charge in [-0.2, -0.15) is 0 Å². The summed E-state index contributed by atoms with van der Waals surface area (Å²) in [7, 11) is 0. The zero-order valence-corrected chi connectivity index (χ0v) is 16.0. The van der Waals surface area contributed by atoms with E-state index in [2.05, 4.69) is 19.2 Å². The third kappa shape index (κ3) is 6.70. The van der Waals surface area contributed by atoms with Crippen LogP contribution in [0.3, 0.4) is 0 Å². The molecular weight excluding hydrogens is 342 g/mol. The number of benzene rings is 2. The Morgan fingerprint density at radius 2 is 1.44 bits per heavy atom. The Labute approximate surface area is 159 Å². The van der Waals surface area contributed by atoms with Crippen LogP contribution in [0, 0.1) is 5.92 Å². The first kappa shape index (κ1) is 20.4. The molecule has 0 saturated heterocycles. The van der Waals surface area contributed by atoms with Crippen molar-refractivity contribution < 1.29 is 19.1 Å². The summed E-state index contributed by atoms with van der Waals surface area (Å²) in [5.41, 5.74) is 2.94. The quantitative estimate of drug-likeness (QED) is 0.572. The third-order valence-corrected chi connectivity index (χ3v) is 3.99. The van der Waals surface area contributed by atoms with E-state index in [-0.39, 0.29) is 18.3 Å². The van der Waals surface area contributed by atoms with Gasteiger partial charge in [-0.15, -0.1) is 0 Å². The average Bonchev–Trinajstić information content (AvgIpc) is 2.64. The summed E-state index contributed by atoms with van der Waals surface area (Å²) < 4.78 is 5.13. The molecule has 142 valence electrons. The maximum absolute atomic E-state index is 12.2. The zero-order valence-electron chi connectivity index (χ0n) is 16.0. The molecule has 0 aliphatic heterocycles. The largest absolute Gasteiger partial charge is 0.454 e.